The van der Waals surface area contributed by atoms with Crippen LogP contribution in [-0.4, -0.2) is 5.78 Å². The van der Waals surface area contributed by atoms with Gasteiger partial charge >= 0.3 is 0 Å². The molecule has 0 bridgehead atoms. The van der Waals surface area contributed by atoms with Crippen molar-refractivity contribution in [1.29, 1.82) is 0 Å². The summed E-state index contributed by atoms with van der Waals surface area (Å²) < 4.78 is 0. The van der Waals surface area contributed by atoms with Crippen molar-refractivity contribution in [3.8, 4) is 0 Å². The van der Waals surface area contributed by atoms with E-state index in [0.29, 0.717) is 6.42 Å². The van der Waals surface area contributed by atoms with E-state index in [9.17, 15) is 4.79 Å². The molecule has 0 aliphatic rings. The van der Waals surface area contributed by atoms with Crippen LogP contribution < -0.4 is 5.73 Å². The number of hydrogen-bond donors (Lipinski definition) is 1. The van der Waals surface area contributed by atoms with E-state index in [0.717, 1.165) is 5.56 Å². The molecule has 0 aromatic heterocycles. The maximum atomic E-state index is 11.1. The number of carbonyl (C=O) groups is 1. The zero-order valence-corrected chi connectivity index (χ0v) is 10.2. The third kappa shape index (κ3) is 2.71. The zero-order valence-electron chi connectivity index (χ0n) is 10.2. The summed E-state index contributed by atoms with van der Waals surface area (Å²) >= 11 is 0. The molecule has 0 radical (unpaired) electrons. The molecule has 2 rings (SSSR count). The number of fused-ring (bicyclic) bond motifs is 1. The van der Waals surface area contributed by atoms with E-state index in [1.165, 1.54) is 16.3 Å². The molecule has 0 amide bonds. The first-order chi connectivity index (χ1) is 8.06. The average Bonchev–Trinajstić information content (AvgIpc) is 2.27. The number of nitrogens with two attached hydrogens (primary N) is 1. The van der Waals surface area contributed by atoms with Crippen LogP contribution in [0.1, 0.15) is 30.5 Å². The smallest absolute Gasteiger partial charge is 0.131 e. The number of Topliss-reactive ketones (excluding diaryl/α,β-unsaturated/α-hetero) is 1. The summed E-state index contributed by atoms with van der Waals surface area (Å²) in [6.45, 7) is 3.65. The van der Waals surface area contributed by atoms with Crippen molar-refractivity contribution in [1.82, 2.24) is 0 Å². The molecule has 0 aliphatic carbocycles. The van der Waals surface area contributed by atoms with Gasteiger partial charge in [-0.1, -0.05) is 35.9 Å². The van der Waals surface area contributed by atoms with Gasteiger partial charge in [0.05, 0.1) is 0 Å². The fourth-order valence-corrected chi connectivity index (χ4v) is 2.04. The molecule has 2 heteroatoms. The molecule has 0 spiro atoms. The highest BCUT2D eigenvalue weighted by Crippen LogP contribution is 2.22. The Bertz CT molecular complexity index is 560. The minimum absolute atomic E-state index is 0.126. The second-order valence-corrected chi connectivity index (χ2v) is 4.62. The monoisotopic (exact) mass is 227 g/mol. The Hall–Kier alpha value is -1.67. The lowest BCUT2D eigenvalue weighted by Crippen LogP contribution is -2.13. The van der Waals surface area contributed by atoms with Crippen LogP contribution in [0.3, 0.4) is 0 Å². The van der Waals surface area contributed by atoms with Gasteiger partial charge in [-0.15, -0.1) is 0 Å². The minimum Gasteiger partial charge on any atom is -0.324 e. The number of ketones is 1. The molecule has 1 unspecified atom stereocenters. The summed E-state index contributed by atoms with van der Waals surface area (Å²) in [5.74, 6) is 0.126. The van der Waals surface area contributed by atoms with Crippen LogP contribution in [0.2, 0.25) is 0 Å². The quantitative estimate of drug-likeness (QED) is 0.875. The normalized spacial score (nSPS) is 12.6. The van der Waals surface area contributed by atoms with Crippen LogP contribution in [0.5, 0.6) is 0 Å². The second-order valence-electron chi connectivity index (χ2n) is 4.62. The molecule has 17 heavy (non-hydrogen) atoms. The lowest BCUT2D eigenvalue weighted by Gasteiger charge is -2.11. The molecule has 2 aromatic rings. The van der Waals surface area contributed by atoms with Gasteiger partial charge in [-0.3, -0.25) is 4.79 Å². The predicted octanol–water partition coefficient (Wildman–Crippen LogP) is 3.13. The van der Waals surface area contributed by atoms with E-state index in [-0.39, 0.29) is 11.8 Å². The first kappa shape index (κ1) is 11.8. The Labute approximate surface area is 101 Å². The Kier molecular flexibility index (Phi) is 3.25. The molecular weight excluding hydrogens is 210 g/mol. The van der Waals surface area contributed by atoms with Crippen molar-refractivity contribution >= 4 is 16.6 Å². The van der Waals surface area contributed by atoms with Gasteiger partial charge in [0.25, 0.3) is 0 Å². The van der Waals surface area contributed by atoms with E-state index >= 15 is 0 Å². The fourth-order valence-electron chi connectivity index (χ4n) is 2.04. The standard InChI is InChI=1S/C15H17NO/c1-10-3-4-13-9-14(6-5-12(13)7-10)15(16)8-11(2)17/h3-7,9,15H,8,16H2,1-2H3. The van der Waals surface area contributed by atoms with E-state index in [1.54, 1.807) is 6.92 Å². The van der Waals surface area contributed by atoms with Crippen molar-refractivity contribution in [2.75, 3.05) is 0 Å². The average molecular weight is 227 g/mol. The Balaban J connectivity index is 2.37. The summed E-state index contributed by atoms with van der Waals surface area (Å²) in [5, 5.41) is 2.39. The van der Waals surface area contributed by atoms with Crippen LogP contribution in [-0.2, 0) is 4.79 Å². The van der Waals surface area contributed by atoms with Crippen molar-refractivity contribution in [2.24, 2.45) is 5.73 Å². The van der Waals surface area contributed by atoms with Crippen LogP contribution >= 0.6 is 0 Å². The number of carbonyl (C=O) groups excluding carboxylic acids is 1. The lowest BCUT2D eigenvalue weighted by molar-refractivity contribution is -0.117. The molecule has 0 fully saturated rings. The van der Waals surface area contributed by atoms with Gasteiger partial charge in [0.15, 0.2) is 0 Å². The van der Waals surface area contributed by atoms with Crippen LogP contribution in [0.15, 0.2) is 36.4 Å². The van der Waals surface area contributed by atoms with Crippen molar-refractivity contribution in [3.05, 3.63) is 47.5 Å². The molecule has 2 nitrogen and oxygen atoms in total. The Morgan fingerprint density at radius 2 is 1.82 bits per heavy atom. The molecule has 0 saturated carbocycles. The number of rotatable bonds is 3. The molecule has 2 aromatic carbocycles. The number of aryl methyl sites for hydroxylation is 1. The van der Waals surface area contributed by atoms with E-state index in [2.05, 4.69) is 37.3 Å². The Morgan fingerprint density at radius 3 is 2.53 bits per heavy atom. The van der Waals surface area contributed by atoms with Gasteiger partial charge in [-0.2, -0.15) is 0 Å². The van der Waals surface area contributed by atoms with Gasteiger partial charge in [0.1, 0.15) is 5.78 Å². The minimum atomic E-state index is -0.196. The van der Waals surface area contributed by atoms with Crippen LogP contribution in [0.4, 0.5) is 0 Å². The molecule has 2 N–H and O–H groups in total. The summed E-state index contributed by atoms with van der Waals surface area (Å²) in [6, 6.07) is 12.3. The van der Waals surface area contributed by atoms with Gasteiger partial charge in [-0.05, 0) is 36.2 Å². The maximum Gasteiger partial charge on any atom is 0.131 e. The van der Waals surface area contributed by atoms with E-state index in [4.69, 9.17) is 5.73 Å². The Morgan fingerprint density at radius 1 is 1.18 bits per heavy atom. The SMILES string of the molecule is CC(=O)CC(N)c1ccc2cc(C)ccc2c1. The predicted molar refractivity (Wildman–Crippen MR) is 70.9 cm³/mol. The summed E-state index contributed by atoms with van der Waals surface area (Å²) in [5.41, 5.74) is 8.27. The third-order valence-corrected chi connectivity index (χ3v) is 2.96. The van der Waals surface area contributed by atoms with Gasteiger partial charge < -0.3 is 5.73 Å². The lowest BCUT2D eigenvalue weighted by atomic mass is 9.98. The summed E-state index contributed by atoms with van der Waals surface area (Å²) in [4.78, 5) is 11.1. The molecular formula is C15H17NO. The topological polar surface area (TPSA) is 43.1 Å². The molecule has 0 heterocycles. The molecule has 88 valence electrons. The number of benzene rings is 2. The van der Waals surface area contributed by atoms with Gasteiger partial charge in [0, 0.05) is 12.5 Å². The third-order valence-electron chi connectivity index (χ3n) is 2.96. The highest BCUT2D eigenvalue weighted by atomic mass is 16.1. The van der Waals surface area contributed by atoms with Crippen LogP contribution in [0.25, 0.3) is 10.8 Å². The van der Waals surface area contributed by atoms with E-state index < -0.39 is 0 Å². The summed E-state index contributed by atoms with van der Waals surface area (Å²) in [6.07, 6.45) is 0.400. The second kappa shape index (κ2) is 4.68. The maximum absolute atomic E-state index is 11.1. The largest absolute Gasteiger partial charge is 0.324 e. The highest BCUT2D eigenvalue weighted by molar-refractivity contribution is 5.84. The zero-order chi connectivity index (χ0) is 12.4. The van der Waals surface area contributed by atoms with Crippen molar-refractivity contribution in [3.63, 3.8) is 0 Å². The summed E-state index contributed by atoms with van der Waals surface area (Å²) in [7, 11) is 0. The number of hydrogen-bond acceptors (Lipinski definition) is 2. The van der Waals surface area contributed by atoms with Gasteiger partial charge in [-0.25, -0.2) is 0 Å². The first-order valence-corrected chi connectivity index (χ1v) is 5.81. The van der Waals surface area contributed by atoms with Crippen molar-refractivity contribution < 1.29 is 4.79 Å². The highest BCUT2D eigenvalue weighted by Gasteiger charge is 2.09. The van der Waals surface area contributed by atoms with Gasteiger partial charge in [0.2, 0.25) is 0 Å². The fraction of sp³-hybridized carbons (Fsp3) is 0.267. The van der Waals surface area contributed by atoms with Crippen molar-refractivity contribution in [2.45, 2.75) is 26.3 Å². The molecule has 1 atom stereocenters. The van der Waals surface area contributed by atoms with Crippen LogP contribution in [0, 0.1) is 6.92 Å². The van der Waals surface area contributed by atoms with E-state index in [1.807, 2.05) is 6.07 Å². The molecule has 0 aliphatic heterocycles. The first-order valence-electron chi connectivity index (χ1n) is 5.81. The molecule has 0 saturated heterocycles.